The van der Waals surface area contributed by atoms with Gasteiger partial charge in [-0.05, 0) is 6.07 Å². The fourth-order valence-corrected chi connectivity index (χ4v) is 1.02. The van der Waals surface area contributed by atoms with Gasteiger partial charge in [0.2, 0.25) is 0 Å². The van der Waals surface area contributed by atoms with Gasteiger partial charge in [0.25, 0.3) is 0 Å². The lowest BCUT2D eigenvalue weighted by atomic mass is 10.1. The van der Waals surface area contributed by atoms with E-state index < -0.39 is 12.7 Å². The Balaban J connectivity index is 2.93. The molecule has 0 unspecified atom stereocenters. The van der Waals surface area contributed by atoms with E-state index in [4.69, 9.17) is 17.3 Å². The molecular formula is C7H8ClFN2. The molecule has 1 rings (SSSR count). The van der Waals surface area contributed by atoms with Crippen LogP contribution >= 0.6 is 11.6 Å². The summed E-state index contributed by atoms with van der Waals surface area (Å²) in [4.78, 5) is 3.77. The molecule has 0 amide bonds. The maximum atomic E-state index is 12.0. The van der Waals surface area contributed by atoms with Crippen molar-refractivity contribution in [2.75, 3.05) is 6.67 Å². The van der Waals surface area contributed by atoms with E-state index in [9.17, 15) is 4.39 Å². The topological polar surface area (TPSA) is 38.9 Å². The molecule has 0 spiro atoms. The summed E-state index contributed by atoms with van der Waals surface area (Å²) in [6.45, 7) is -0.620. The summed E-state index contributed by atoms with van der Waals surface area (Å²) >= 11 is 5.64. The van der Waals surface area contributed by atoms with Crippen LogP contribution in [0.1, 0.15) is 11.6 Å². The van der Waals surface area contributed by atoms with Crippen LogP contribution in [-0.2, 0) is 0 Å². The van der Waals surface area contributed by atoms with Crippen molar-refractivity contribution < 1.29 is 4.39 Å². The normalized spacial score (nSPS) is 13.0. The minimum atomic E-state index is -0.656. The number of hydrogen-bond donors (Lipinski definition) is 1. The SMILES string of the molecule is N[C@H](CF)c1cccnc1Cl. The Kier molecular flexibility index (Phi) is 2.79. The number of hydrogen-bond acceptors (Lipinski definition) is 2. The molecule has 2 N–H and O–H groups in total. The van der Waals surface area contributed by atoms with Gasteiger partial charge in [-0.1, -0.05) is 17.7 Å². The van der Waals surface area contributed by atoms with Crippen LogP contribution in [0.4, 0.5) is 4.39 Å². The fraction of sp³-hybridized carbons (Fsp3) is 0.286. The van der Waals surface area contributed by atoms with E-state index in [1.165, 1.54) is 6.20 Å². The van der Waals surface area contributed by atoms with E-state index in [-0.39, 0.29) is 5.15 Å². The Hall–Kier alpha value is -0.670. The zero-order chi connectivity index (χ0) is 8.27. The van der Waals surface area contributed by atoms with Crippen LogP contribution < -0.4 is 5.73 Å². The second kappa shape index (κ2) is 3.64. The van der Waals surface area contributed by atoms with E-state index in [1.54, 1.807) is 12.1 Å². The highest BCUT2D eigenvalue weighted by Crippen LogP contribution is 2.18. The highest BCUT2D eigenvalue weighted by Gasteiger charge is 2.08. The van der Waals surface area contributed by atoms with Gasteiger partial charge in [0.05, 0.1) is 6.04 Å². The van der Waals surface area contributed by atoms with Crippen LogP contribution in [0.15, 0.2) is 18.3 Å². The van der Waals surface area contributed by atoms with Crippen LogP contribution in [0.2, 0.25) is 5.15 Å². The third kappa shape index (κ3) is 1.88. The molecular weight excluding hydrogens is 167 g/mol. The van der Waals surface area contributed by atoms with E-state index in [1.807, 2.05) is 0 Å². The Morgan fingerprint density at radius 2 is 2.45 bits per heavy atom. The predicted molar refractivity (Wildman–Crippen MR) is 42.2 cm³/mol. The van der Waals surface area contributed by atoms with Gasteiger partial charge in [0, 0.05) is 11.8 Å². The van der Waals surface area contributed by atoms with Crippen molar-refractivity contribution in [1.82, 2.24) is 4.98 Å². The van der Waals surface area contributed by atoms with Gasteiger partial charge in [0.15, 0.2) is 0 Å². The molecule has 1 aromatic heterocycles. The largest absolute Gasteiger partial charge is 0.322 e. The summed E-state index contributed by atoms with van der Waals surface area (Å²) in [5, 5.41) is 0.276. The van der Waals surface area contributed by atoms with Crippen LogP contribution in [0.5, 0.6) is 0 Å². The second-order valence-electron chi connectivity index (χ2n) is 2.14. The average Bonchev–Trinajstić information content (AvgIpc) is 2.04. The Bertz CT molecular complexity index is 242. The lowest BCUT2D eigenvalue weighted by molar-refractivity contribution is 0.436. The minimum Gasteiger partial charge on any atom is -0.322 e. The first kappa shape index (κ1) is 8.43. The average molecular weight is 175 g/mol. The third-order valence-electron chi connectivity index (χ3n) is 1.35. The molecule has 1 aromatic rings. The third-order valence-corrected chi connectivity index (χ3v) is 1.67. The summed E-state index contributed by atoms with van der Waals surface area (Å²) in [5.41, 5.74) is 5.95. The lowest BCUT2D eigenvalue weighted by Crippen LogP contribution is -2.12. The minimum absolute atomic E-state index is 0.276. The summed E-state index contributed by atoms with van der Waals surface area (Å²) in [7, 11) is 0. The molecule has 0 radical (unpaired) electrons. The molecule has 0 bridgehead atoms. The highest BCUT2D eigenvalue weighted by atomic mass is 35.5. The van der Waals surface area contributed by atoms with Gasteiger partial charge in [-0.2, -0.15) is 0 Å². The molecule has 0 aliphatic rings. The number of halogens is 2. The fourth-order valence-electron chi connectivity index (χ4n) is 0.758. The lowest BCUT2D eigenvalue weighted by Gasteiger charge is -2.07. The Morgan fingerprint density at radius 1 is 1.73 bits per heavy atom. The number of nitrogens with zero attached hydrogens (tertiary/aromatic N) is 1. The van der Waals surface area contributed by atoms with E-state index >= 15 is 0 Å². The zero-order valence-corrected chi connectivity index (χ0v) is 6.55. The maximum Gasteiger partial charge on any atom is 0.133 e. The zero-order valence-electron chi connectivity index (χ0n) is 5.80. The monoisotopic (exact) mass is 174 g/mol. The molecule has 1 atom stereocenters. The summed E-state index contributed by atoms with van der Waals surface area (Å²) in [5.74, 6) is 0. The van der Waals surface area contributed by atoms with E-state index in [0.29, 0.717) is 5.56 Å². The smallest absolute Gasteiger partial charge is 0.133 e. The summed E-state index contributed by atoms with van der Waals surface area (Å²) < 4.78 is 12.0. The van der Waals surface area contributed by atoms with E-state index in [0.717, 1.165) is 0 Å². The van der Waals surface area contributed by atoms with Crippen LogP contribution in [0.25, 0.3) is 0 Å². The van der Waals surface area contributed by atoms with Crippen molar-refractivity contribution >= 4 is 11.6 Å². The van der Waals surface area contributed by atoms with Gasteiger partial charge in [0.1, 0.15) is 11.8 Å². The Morgan fingerprint density at radius 3 is 3.00 bits per heavy atom. The van der Waals surface area contributed by atoms with Crippen LogP contribution in [0.3, 0.4) is 0 Å². The van der Waals surface area contributed by atoms with Gasteiger partial charge < -0.3 is 5.73 Å². The highest BCUT2D eigenvalue weighted by molar-refractivity contribution is 6.30. The summed E-state index contributed by atoms with van der Waals surface area (Å²) in [6.07, 6.45) is 1.54. The number of aromatic nitrogens is 1. The van der Waals surface area contributed by atoms with Gasteiger partial charge in [-0.25, -0.2) is 9.37 Å². The molecule has 11 heavy (non-hydrogen) atoms. The van der Waals surface area contributed by atoms with Crippen molar-refractivity contribution in [3.05, 3.63) is 29.0 Å². The molecule has 0 aromatic carbocycles. The molecule has 60 valence electrons. The standard InChI is InChI=1S/C7H8ClFN2/c8-7-5(6(10)4-9)2-1-3-11-7/h1-3,6H,4,10H2/t6-/m1/s1. The molecule has 4 heteroatoms. The molecule has 0 aliphatic carbocycles. The van der Waals surface area contributed by atoms with Gasteiger partial charge in [-0.15, -0.1) is 0 Å². The van der Waals surface area contributed by atoms with Gasteiger partial charge in [-0.3, -0.25) is 0 Å². The number of rotatable bonds is 2. The number of pyridine rings is 1. The number of alkyl halides is 1. The molecule has 0 fully saturated rings. The van der Waals surface area contributed by atoms with Crippen molar-refractivity contribution in [1.29, 1.82) is 0 Å². The second-order valence-corrected chi connectivity index (χ2v) is 2.50. The van der Waals surface area contributed by atoms with E-state index in [2.05, 4.69) is 4.98 Å². The molecule has 0 aliphatic heterocycles. The first-order valence-electron chi connectivity index (χ1n) is 3.17. The first-order valence-corrected chi connectivity index (χ1v) is 3.55. The van der Waals surface area contributed by atoms with Crippen molar-refractivity contribution in [2.24, 2.45) is 5.73 Å². The first-order chi connectivity index (χ1) is 5.25. The molecule has 0 saturated heterocycles. The van der Waals surface area contributed by atoms with Crippen molar-refractivity contribution in [3.8, 4) is 0 Å². The van der Waals surface area contributed by atoms with Crippen LogP contribution in [0, 0.1) is 0 Å². The van der Waals surface area contributed by atoms with Crippen molar-refractivity contribution in [3.63, 3.8) is 0 Å². The summed E-state index contributed by atoms with van der Waals surface area (Å²) in [6, 6.07) is 2.69. The number of nitrogens with two attached hydrogens (primary N) is 1. The molecule has 2 nitrogen and oxygen atoms in total. The molecule has 1 heterocycles. The van der Waals surface area contributed by atoms with Gasteiger partial charge >= 0.3 is 0 Å². The predicted octanol–water partition coefficient (Wildman–Crippen LogP) is 1.70. The van der Waals surface area contributed by atoms with Crippen LogP contribution in [-0.4, -0.2) is 11.7 Å². The molecule has 0 saturated carbocycles. The van der Waals surface area contributed by atoms with Crippen molar-refractivity contribution in [2.45, 2.75) is 6.04 Å². The maximum absolute atomic E-state index is 12.0. The Labute approximate surface area is 69.2 Å². The quantitative estimate of drug-likeness (QED) is 0.694.